The number of aliphatic hydroxyl groups excluding tert-OH is 1. The van der Waals surface area contributed by atoms with Gasteiger partial charge in [0.05, 0.1) is 0 Å². The van der Waals surface area contributed by atoms with E-state index in [4.69, 9.17) is 0 Å². The molecular formula is C22H28O. The third-order valence-corrected chi connectivity index (χ3v) is 5.03. The Bertz CT molecular complexity index is 644. The SMILES string of the molecule is CCCCCCCCCc1ccc2c(c1)-c1ccccc1C2O. The lowest BCUT2D eigenvalue weighted by atomic mass is 9.99. The molecule has 1 N–H and O–H groups in total. The number of rotatable bonds is 8. The number of unbranched alkanes of at least 4 members (excludes halogenated alkanes) is 6. The summed E-state index contributed by atoms with van der Waals surface area (Å²) in [4.78, 5) is 0. The fraction of sp³-hybridized carbons (Fsp3) is 0.455. The second-order valence-corrected chi connectivity index (χ2v) is 6.78. The zero-order valence-corrected chi connectivity index (χ0v) is 14.2. The first-order valence-electron chi connectivity index (χ1n) is 9.21. The van der Waals surface area contributed by atoms with Crippen LogP contribution < -0.4 is 0 Å². The van der Waals surface area contributed by atoms with E-state index in [-0.39, 0.29) is 0 Å². The number of aliphatic hydroxyl groups is 1. The summed E-state index contributed by atoms with van der Waals surface area (Å²) < 4.78 is 0. The van der Waals surface area contributed by atoms with Crippen molar-refractivity contribution in [3.05, 3.63) is 59.2 Å². The second kappa shape index (κ2) is 7.79. The molecule has 1 aliphatic carbocycles. The van der Waals surface area contributed by atoms with E-state index in [1.807, 2.05) is 12.1 Å². The maximum absolute atomic E-state index is 10.4. The van der Waals surface area contributed by atoms with E-state index in [0.717, 1.165) is 17.5 Å². The molecule has 0 saturated heterocycles. The molecule has 1 aliphatic rings. The Hall–Kier alpha value is -1.60. The monoisotopic (exact) mass is 308 g/mol. The van der Waals surface area contributed by atoms with Gasteiger partial charge in [0.25, 0.3) is 0 Å². The average molecular weight is 308 g/mol. The molecule has 0 bridgehead atoms. The molecule has 3 rings (SSSR count). The van der Waals surface area contributed by atoms with Gasteiger partial charge in [-0.15, -0.1) is 0 Å². The summed E-state index contributed by atoms with van der Waals surface area (Å²) in [6.45, 7) is 2.27. The lowest BCUT2D eigenvalue weighted by molar-refractivity contribution is 0.225. The van der Waals surface area contributed by atoms with Crippen LogP contribution in [0.1, 0.15) is 74.7 Å². The molecule has 0 saturated carbocycles. The molecule has 2 aromatic carbocycles. The highest BCUT2D eigenvalue weighted by atomic mass is 16.3. The van der Waals surface area contributed by atoms with Gasteiger partial charge in [0.2, 0.25) is 0 Å². The van der Waals surface area contributed by atoms with Gasteiger partial charge in [0.15, 0.2) is 0 Å². The van der Waals surface area contributed by atoms with Crippen LogP contribution in [-0.4, -0.2) is 5.11 Å². The average Bonchev–Trinajstić information content (AvgIpc) is 2.87. The van der Waals surface area contributed by atoms with Crippen LogP contribution in [0.15, 0.2) is 42.5 Å². The van der Waals surface area contributed by atoms with Gasteiger partial charge in [0, 0.05) is 0 Å². The van der Waals surface area contributed by atoms with Crippen LogP contribution in [0.5, 0.6) is 0 Å². The summed E-state index contributed by atoms with van der Waals surface area (Å²) in [5.41, 5.74) is 5.95. The largest absolute Gasteiger partial charge is 0.384 e. The molecule has 1 atom stereocenters. The smallest absolute Gasteiger partial charge is 0.105 e. The molecule has 0 aliphatic heterocycles. The van der Waals surface area contributed by atoms with Crippen LogP contribution in [0.25, 0.3) is 11.1 Å². The summed E-state index contributed by atoms with van der Waals surface area (Å²) in [7, 11) is 0. The normalized spacial score (nSPS) is 15.5. The topological polar surface area (TPSA) is 20.2 Å². The van der Waals surface area contributed by atoms with E-state index < -0.39 is 6.10 Å². The lowest BCUT2D eigenvalue weighted by Gasteiger charge is -2.07. The molecule has 0 fully saturated rings. The Balaban J connectivity index is 1.58. The van der Waals surface area contributed by atoms with E-state index in [9.17, 15) is 5.11 Å². The molecule has 1 nitrogen and oxygen atoms in total. The van der Waals surface area contributed by atoms with Gasteiger partial charge in [-0.3, -0.25) is 0 Å². The third-order valence-electron chi connectivity index (χ3n) is 5.03. The van der Waals surface area contributed by atoms with Crippen LogP contribution >= 0.6 is 0 Å². The lowest BCUT2D eigenvalue weighted by Crippen LogP contribution is -1.94. The molecule has 2 aromatic rings. The van der Waals surface area contributed by atoms with Gasteiger partial charge >= 0.3 is 0 Å². The Morgan fingerprint density at radius 2 is 1.48 bits per heavy atom. The maximum Gasteiger partial charge on any atom is 0.105 e. The van der Waals surface area contributed by atoms with Crippen molar-refractivity contribution in [2.45, 2.75) is 64.4 Å². The van der Waals surface area contributed by atoms with Crippen molar-refractivity contribution < 1.29 is 5.11 Å². The first kappa shape index (κ1) is 16.3. The molecule has 23 heavy (non-hydrogen) atoms. The highest BCUT2D eigenvalue weighted by Gasteiger charge is 2.26. The van der Waals surface area contributed by atoms with Crippen molar-refractivity contribution >= 4 is 0 Å². The van der Waals surface area contributed by atoms with Crippen molar-refractivity contribution in [2.75, 3.05) is 0 Å². The molecule has 0 radical (unpaired) electrons. The molecule has 0 aromatic heterocycles. The van der Waals surface area contributed by atoms with Gasteiger partial charge in [0.1, 0.15) is 6.10 Å². The number of hydrogen-bond donors (Lipinski definition) is 1. The highest BCUT2D eigenvalue weighted by molar-refractivity contribution is 5.78. The van der Waals surface area contributed by atoms with Crippen molar-refractivity contribution in [1.82, 2.24) is 0 Å². The number of hydrogen-bond acceptors (Lipinski definition) is 1. The number of benzene rings is 2. The predicted molar refractivity (Wildman–Crippen MR) is 97.6 cm³/mol. The highest BCUT2D eigenvalue weighted by Crippen LogP contribution is 2.43. The van der Waals surface area contributed by atoms with Crippen molar-refractivity contribution in [2.24, 2.45) is 0 Å². The Kier molecular flexibility index (Phi) is 5.51. The van der Waals surface area contributed by atoms with E-state index >= 15 is 0 Å². The summed E-state index contributed by atoms with van der Waals surface area (Å²) in [5, 5.41) is 10.4. The predicted octanol–water partition coefficient (Wildman–Crippen LogP) is 6.04. The van der Waals surface area contributed by atoms with Gasteiger partial charge in [-0.1, -0.05) is 87.9 Å². The molecule has 0 spiro atoms. The second-order valence-electron chi connectivity index (χ2n) is 6.78. The Morgan fingerprint density at radius 3 is 2.30 bits per heavy atom. The van der Waals surface area contributed by atoms with Crippen molar-refractivity contribution in [1.29, 1.82) is 0 Å². The number of fused-ring (bicyclic) bond motifs is 3. The van der Waals surface area contributed by atoms with Crippen LogP contribution in [0, 0.1) is 0 Å². The minimum atomic E-state index is -0.450. The summed E-state index contributed by atoms with van der Waals surface area (Å²) >= 11 is 0. The van der Waals surface area contributed by atoms with E-state index in [1.54, 1.807) is 0 Å². The maximum atomic E-state index is 10.4. The number of aryl methyl sites for hydroxylation is 1. The fourth-order valence-electron chi connectivity index (χ4n) is 3.67. The summed E-state index contributed by atoms with van der Waals surface area (Å²) in [5.74, 6) is 0. The summed E-state index contributed by atoms with van der Waals surface area (Å²) in [6, 6.07) is 14.8. The molecular weight excluding hydrogens is 280 g/mol. The quantitative estimate of drug-likeness (QED) is 0.589. The van der Waals surface area contributed by atoms with Gasteiger partial charge in [-0.2, -0.15) is 0 Å². The minimum absolute atomic E-state index is 0.450. The van der Waals surface area contributed by atoms with Gasteiger partial charge in [-0.05, 0) is 40.7 Å². The van der Waals surface area contributed by atoms with Crippen LogP contribution in [0.2, 0.25) is 0 Å². The molecule has 1 heteroatoms. The first-order valence-corrected chi connectivity index (χ1v) is 9.21. The fourth-order valence-corrected chi connectivity index (χ4v) is 3.67. The van der Waals surface area contributed by atoms with Crippen LogP contribution in [0.4, 0.5) is 0 Å². The first-order chi connectivity index (χ1) is 11.3. The van der Waals surface area contributed by atoms with Crippen LogP contribution in [-0.2, 0) is 6.42 Å². The van der Waals surface area contributed by atoms with Crippen molar-refractivity contribution in [3.63, 3.8) is 0 Å². The molecule has 1 unspecified atom stereocenters. The molecule has 0 amide bonds. The standard InChI is InChI=1S/C22H28O/c1-2-3-4-5-6-7-8-11-17-14-15-20-21(16-17)18-12-9-10-13-19(18)22(20)23/h9-10,12-16,22-23H,2-8,11H2,1H3. The van der Waals surface area contributed by atoms with E-state index in [1.165, 1.54) is 61.6 Å². The molecule has 0 heterocycles. The third kappa shape index (κ3) is 3.67. The van der Waals surface area contributed by atoms with Gasteiger partial charge in [-0.25, -0.2) is 0 Å². The summed E-state index contributed by atoms with van der Waals surface area (Å²) in [6.07, 6.45) is 10.2. The Morgan fingerprint density at radius 1 is 0.783 bits per heavy atom. The van der Waals surface area contributed by atoms with Gasteiger partial charge < -0.3 is 5.11 Å². The van der Waals surface area contributed by atoms with E-state index in [2.05, 4.69) is 37.3 Å². The van der Waals surface area contributed by atoms with E-state index in [0.29, 0.717) is 0 Å². The van der Waals surface area contributed by atoms with Crippen molar-refractivity contribution in [3.8, 4) is 11.1 Å². The minimum Gasteiger partial charge on any atom is -0.384 e. The van der Waals surface area contributed by atoms with Crippen LogP contribution in [0.3, 0.4) is 0 Å². The molecule has 122 valence electrons. The zero-order valence-electron chi connectivity index (χ0n) is 14.2. The Labute approximate surface area is 140 Å². The zero-order chi connectivity index (χ0) is 16.1.